The Morgan fingerprint density at radius 1 is 0.529 bits per heavy atom. The first kappa shape index (κ1) is 35.5. The number of carbonyl (C=O) groups excluding carboxylic acids is 4. The Bertz CT molecular complexity index is 2120. The van der Waals surface area contributed by atoms with Gasteiger partial charge in [-0.05, 0) is 66.7 Å². The molecule has 5 rings (SSSR count). The quantitative estimate of drug-likeness (QED) is 0.0718. The van der Waals surface area contributed by atoms with Gasteiger partial charge in [-0.25, -0.2) is 9.13 Å². The Hall–Kier alpha value is -6.76. The summed E-state index contributed by atoms with van der Waals surface area (Å²) < 4.78 is 3.97. The number of benzene rings is 3. The molecular formula is C38H41N9O4+2. The van der Waals surface area contributed by atoms with Gasteiger partial charge in [-0.3, -0.25) is 19.2 Å². The molecule has 0 aliphatic rings. The monoisotopic (exact) mass is 687 g/mol. The fourth-order valence-electron chi connectivity index (χ4n) is 5.32. The second-order valence-electron chi connectivity index (χ2n) is 11.9. The summed E-state index contributed by atoms with van der Waals surface area (Å²) in [5.41, 5.74) is 21.8. The van der Waals surface area contributed by atoms with Crippen molar-refractivity contribution in [2.75, 3.05) is 38.5 Å². The van der Waals surface area contributed by atoms with Crippen LogP contribution < -0.4 is 47.6 Å². The second kappa shape index (κ2) is 16.1. The van der Waals surface area contributed by atoms with E-state index in [1.807, 2.05) is 46.1 Å². The summed E-state index contributed by atoms with van der Waals surface area (Å²) in [5, 5.41) is 11.1. The van der Waals surface area contributed by atoms with Crippen molar-refractivity contribution in [2.24, 2.45) is 0 Å². The molecule has 51 heavy (non-hydrogen) atoms. The summed E-state index contributed by atoms with van der Waals surface area (Å²) in [4.78, 5) is 51.9. The number of pyridine rings is 2. The molecule has 13 nitrogen and oxygen atoms in total. The molecule has 0 saturated carbocycles. The minimum absolute atomic E-state index is 0.0547. The fraction of sp³-hybridized carbons (Fsp3) is 0.158. The molecule has 3 aromatic carbocycles. The van der Waals surface area contributed by atoms with Crippen molar-refractivity contribution in [3.05, 3.63) is 126 Å². The maximum Gasteiger partial charge on any atom is 0.257 e. The van der Waals surface area contributed by atoms with Crippen molar-refractivity contribution in [1.29, 1.82) is 0 Å². The summed E-state index contributed by atoms with van der Waals surface area (Å²) in [6.45, 7) is 5.80. The van der Waals surface area contributed by atoms with Crippen molar-refractivity contribution in [3.63, 3.8) is 0 Å². The molecule has 0 spiro atoms. The molecule has 5 aromatic rings. The summed E-state index contributed by atoms with van der Waals surface area (Å²) >= 11 is 0. The number of hydrogen-bond donors (Lipinski definition) is 7. The summed E-state index contributed by atoms with van der Waals surface area (Å²) in [7, 11) is 0. The van der Waals surface area contributed by atoms with Crippen LogP contribution >= 0.6 is 0 Å². The first-order valence-corrected chi connectivity index (χ1v) is 16.5. The van der Waals surface area contributed by atoms with Crippen LogP contribution in [0.2, 0.25) is 0 Å². The lowest BCUT2D eigenvalue weighted by Gasteiger charge is -2.13. The third-order valence-corrected chi connectivity index (χ3v) is 7.88. The third kappa shape index (κ3) is 9.03. The van der Waals surface area contributed by atoms with Crippen molar-refractivity contribution in [1.82, 2.24) is 0 Å². The maximum atomic E-state index is 13.1. The molecule has 4 amide bonds. The molecule has 0 aliphatic heterocycles. The number of carbonyl (C=O) groups is 4. The van der Waals surface area contributed by atoms with Gasteiger partial charge in [0, 0.05) is 47.4 Å². The molecule has 260 valence electrons. The largest absolute Gasteiger partial charge is 0.398 e. The Labute approximate surface area is 295 Å². The van der Waals surface area contributed by atoms with E-state index >= 15 is 0 Å². The summed E-state index contributed by atoms with van der Waals surface area (Å²) in [6.07, 6.45) is 9.48. The Morgan fingerprint density at radius 3 is 1.37 bits per heavy atom. The average Bonchev–Trinajstić information content (AvgIpc) is 3.10. The number of nitrogen functional groups attached to an aromatic ring is 3. The number of nitrogens with two attached hydrogens (primary N) is 3. The van der Waals surface area contributed by atoms with Gasteiger partial charge in [0.25, 0.3) is 23.6 Å². The van der Waals surface area contributed by atoms with Crippen LogP contribution in [0.4, 0.5) is 39.8 Å². The van der Waals surface area contributed by atoms with Gasteiger partial charge < -0.3 is 38.5 Å². The number of aromatic nitrogens is 2. The van der Waals surface area contributed by atoms with Crippen LogP contribution in [0.25, 0.3) is 0 Å². The molecule has 0 bridgehead atoms. The molecule has 0 aliphatic carbocycles. The average molecular weight is 688 g/mol. The van der Waals surface area contributed by atoms with Gasteiger partial charge in [-0.2, -0.15) is 0 Å². The van der Waals surface area contributed by atoms with Gasteiger partial charge in [0.2, 0.25) is 0 Å². The van der Waals surface area contributed by atoms with Crippen LogP contribution in [0.1, 0.15) is 68.1 Å². The van der Waals surface area contributed by atoms with E-state index < -0.39 is 11.8 Å². The van der Waals surface area contributed by atoms with Crippen LogP contribution in [0, 0.1) is 0 Å². The number of aryl methyl sites for hydroxylation is 2. The van der Waals surface area contributed by atoms with Gasteiger partial charge in [0.15, 0.2) is 24.8 Å². The minimum Gasteiger partial charge on any atom is -0.398 e. The van der Waals surface area contributed by atoms with E-state index in [2.05, 4.69) is 35.1 Å². The van der Waals surface area contributed by atoms with Crippen LogP contribution in [0.3, 0.4) is 0 Å². The van der Waals surface area contributed by atoms with Crippen LogP contribution in [0.15, 0.2) is 104 Å². The lowest BCUT2D eigenvalue weighted by molar-refractivity contribution is -0.696. The smallest absolute Gasteiger partial charge is 0.257 e. The molecule has 2 heterocycles. The Kier molecular flexibility index (Phi) is 11.2. The van der Waals surface area contributed by atoms with E-state index in [9.17, 15) is 19.2 Å². The molecule has 10 N–H and O–H groups in total. The molecule has 2 aromatic heterocycles. The van der Waals surface area contributed by atoms with Crippen molar-refractivity contribution < 1.29 is 28.3 Å². The highest BCUT2D eigenvalue weighted by Crippen LogP contribution is 2.25. The summed E-state index contributed by atoms with van der Waals surface area (Å²) in [5.74, 6) is -1.77. The first-order chi connectivity index (χ1) is 24.5. The molecule has 0 unspecified atom stereocenters. The molecule has 0 atom stereocenters. The van der Waals surface area contributed by atoms with Gasteiger partial charge >= 0.3 is 0 Å². The predicted molar refractivity (Wildman–Crippen MR) is 198 cm³/mol. The molecule has 0 fully saturated rings. The van der Waals surface area contributed by atoms with Crippen LogP contribution in [0.5, 0.6) is 0 Å². The number of hydrogen-bond acceptors (Lipinski definition) is 7. The predicted octanol–water partition coefficient (Wildman–Crippen LogP) is 4.84. The van der Waals surface area contributed by atoms with Crippen molar-refractivity contribution in [3.8, 4) is 0 Å². The lowest BCUT2D eigenvalue weighted by atomic mass is 10.1. The molecule has 0 saturated heterocycles. The number of rotatable bonds is 12. The zero-order chi connectivity index (χ0) is 36.5. The zero-order valence-electron chi connectivity index (χ0n) is 28.4. The second-order valence-corrected chi connectivity index (χ2v) is 11.9. The van der Waals surface area contributed by atoms with Crippen molar-refractivity contribution >= 4 is 63.4 Å². The third-order valence-electron chi connectivity index (χ3n) is 7.88. The SMILES string of the molecule is CCC[n+]1cccc(NC(=O)c2ccc(NC(=O)c3ccc(C(=O)Nc4ccc(C(=O)Nc5ccc[n+](CCC)c5)cc4N)c(N)c3)c(N)c2)c1. The van der Waals surface area contributed by atoms with Crippen molar-refractivity contribution in [2.45, 2.75) is 39.8 Å². The van der Waals surface area contributed by atoms with Crippen LogP contribution in [-0.2, 0) is 13.1 Å². The maximum absolute atomic E-state index is 13.1. The number of nitrogens with one attached hydrogen (secondary N) is 4. The topological polar surface area (TPSA) is 202 Å². The van der Waals surface area contributed by atoms with E-state index in [1.165, 1.54) is 36.4 Å². The van der Waals surface area contributed by atoms with Gasteiger partial charge in [0.1, 0.15) is 24.5 Å². The molecular weight excluding hydrogens is 646 g/mol. The highest BCUT2D eigenvalue weighted by atomic mass is 16.2. The lowest BCUT2D eigenvalue weighted by Crippen LogP contribution is -2.33. The van der Waals surface area contributed by atoms with E-state index in [4.69, 9.17) is 17.2 Å². The number of nitrogens with zero attached hydrogens (tertiary/aromatic N) is 2. The minimum atomic E-state index is -0.554. The van der Waals surface area contributed by atoms with E-state index in [0.29, 0.717) is 28.2 Å². The highest BCUT2D eigenvalue weighted by Gasteiger charge is 2.18. The van der Waals surface area contributed by atoms with Gasteiger partial charge in [-0.1, -0.05) is 13.8 Å². The molecule has 0 radical (unpaired) electrons. The molecule has 13 heteroatoms. The first-order valence-electron chi connectivity index (χ1n) is 16.5. The standard InChI is InChI=1S/C38H39N9O4/c1-3-15-46-17-5-7-27(22-46)42-35(48)25-10-13-33(31(40)20-25)44-37(50)24-9-12-29(30(39)19-24)38(51)45-34-14-11-26(21-32(34)41)36(49)43-28-8-6-18-47(23-28)16-4-2/h5-14,17-23H,3-4,15-16H2,1-2H3,(H8-2,39,40,41,42,43,44,45,48,49,50,51)/p+2. The fourth-order valence-corrected chi connectivity index (χ4v) is 5.32. The van der Waals surface area contributed by atoms with Gasteiger partial charge in [-0.15, -0.1) is 0 Å². The zero-order valence-corrected chi connectivity index (χ0v) is 28.4. The summed E-state index contributed by atoms with van der Waals surface area (Å²) in [6, 6.07) is 20.7. The normalized spacial score (nSPS) is 10.6. The van der Waals surface area contributed by atoms with E-state index in [1.54, 1.807) is 30.3 Å². The number of amides is 4. The Morgan fingerprint density at radius 2 is 0.941 bits per heavy atom. The Balaban J connectivity index is 1.19. The van der Waals surface area contributed by atoms with Crippen LogP contribution in [-0.4, -0.2) is 23.6 Å². The number of anilines is 7. The highest BCUT2D eigenvalue weighted by molar-refractivity contribution is 6.12. The van der Waals surface area contributed by atoms with Gasteiger partial charge in [0.05, 0.1) is 28.3 Å². The van der Waals surface area contributed by atoms with E-state index in [0.717, 1.165) is 25.9 Å². The van der Waals surface area contributed by atoms with E-state index in [-0.39, 0.29) is 45.7 Å².